The van der Waals surface area contributed by atoms with Gasteiger partial charge < -0.3 is 4.98 Å². The van der Waals surface area contributed by atoms with Gasteiger partial charge in [0, 0.05) is 21.3 Å². The Kier molecular flexibility index (Phi) is 2.39. The van der Waals surface area contributed by atoms with Crippen molar-refractivity contribution in [1.29, 1.82) is 5.41 Å². The van der Waals surface area contributed by atoms with Crippen LogP contribution in [0.25, 0.3) is 38.4 Å². The molecule has 3 aromatic carbocycles. The van der Waals surface area contributed by atoms with Gasteiger partial charge in [0.25, 0.3) is 0 Å². The van der Waals surface area contributed by atoms with Crippen molar-refractivity contribution in [3.63, 3.8) is 0 Å². The molecule has 4 nitrogen and oxygen atoms in total. The van der Waals surface area contributed by atoms with E-state index in [2.05, 4.69) is 28.2 Å². The lowest BCUT2D eigenvalue weighted by Gasteiger charge is -2.13. The summed E-state index contributed by atoms with van der Waals surface area (Å²) in [6.45, 7) is 0. The van der Waals surface area contributed by atoms with E-state index >= 15 is 0 Å². The highest BCUT2D eigenvalue weighted by atomic mass is 35.5. The van der Waals surface area contributed by atoms with Crippen LogP contribution in [0, 0.1) is 5.41 Å². The van der Waals surface area contributed by atoms with Crippen LogP contribution in [0.3, 0.4) is 0 Å². The number of hydrogen-bond donors (Lipinski definition) is 2. The molecule has 0 saturated heterocycles. The van der Waals surface area contributed by atoms with Gasteiger partial charge in [0.05, 0.1) is 11.0 Å². The quantitative estimate of drug-likeness (QED) is 0.325. The zero-order valence-electron chi connectivity index (χ0n) is 12.0. The maximum Gasteiger partial charge on any atom is 0.228 e. The van der Waals surface area contributed by atoms with E-state index in [1.54, 1.807) is 6.07 Å². The molecule has 0 aliphatic heterocycles. The van der Waals surface area contributed by atoms with Gasteiger partial charge in [0.1, 0.15) is 5.65 Å². The third-order valence-electron chi connectivity index (χ3n) is 4.25. The number of H-pyrrole nitrogens is 1. The van der Waals surface area contributed by atoms with Crippen LogP contribution in [0.5, 0.6) is 0 Å². The Labute approximate surface area is 135 Å². The van der Waals surface area contributed by atoms with Gasteiger partial charge >= 0.3 is 0 Å². The van der Waals surface area contributed by atoms with E-state index < -0.39 is 0 Å². The zero-order chi connectivity index (χ0) is 15.6. The Hall–Kier alpha value is -2.85. The molecule has 5 rings (SSSR count). The molecule has 5 heteroatoms. The first kappa shape index (κ1) is 12.7. The maximum absolute atomic E-state index is 8.37. The second-order valence-electron chi connectivity index (χ2n) is 5.59. The normalized spacial score (nSPS) is 11.9. The maximum atomic E-state index is 8.37. The van der Waals surface area contributed by atoms with Gasteiger partial charge in [-0.15, -0.1) is 0 Å². The van der Waals surface area contributed by atoms with E-state index in [1.807, 2.05) is 34.7 Å². The molecule has 5 aromatic rings. The van der Waals surface area contributed by atoms with Gasteiger partial charge in [0.2, 0.25) is 5.62 Å². The summed E-state index contributed by atoms with van der Waals surface area (Å²) in [5.74, 6) is 0. The molecule has 0 unspecified atom stereocenters. The Morgan fingerprint density at radius 2 is 1.87 bits per heavy atom. The molecule has 0 atom stereocenters. The smallest absolute Gasteiger partial charge is 0.228 e. The molecule has 2 aromatic heterocycles. The predicted molar refractivity (Wildman–Crippen MR) is 92.9 cm³/mol. The Morgan fingerprint density at radius 3 is 2.74 bits per heavy atom. The van der Waals surface area contributed by atoms with Crippen LogP contribution in [0.1, 0.15) is 0 Å². The zero-order valence-corrected chi connectivity index (χ0v) is 12.7. The summed E-state index contributed by atoms with van der Waals surface area (Å²) in [5, 5.41) is 12.2. The molecule has 0 spiro atoms. The van der Waals surface area contributed by atoms with Gasteiger partial charge in [-0.3, -0.25) is 9.81 Å². The lowest BCUT2D eigenvalue weighted by atomic mass is 10.1. The standard InChI is InChI=1S/C18H11ClN4/c19-11-7-8-13-12(9-11)17-21-14-5-1-3-10-4-2-6-15(16(10)14)23(17)18(20)22-13/h1-9,20-21H. The summed E-state index contributed by atoms with van der Waals surface area (Å²) < 4.78 is 1.84. The highest BCUT2D eigenvalue weighted by Crippen LogP contribution is 2.28. The van der Waals surface area contributed by atoms with Gasteiger partial charge in [-0.1, -0.05) is 35.9 Å². The third kappa shape index (κ3) is 1.67. The van der Waals surface area contributed by atoms with Crippen LogP contribution in [0.4, 0.5) is 0 Å². The fourth-order valence-corrected chi connectivity index (χ4v) is 3.46. The van der Waals surface area contributed by atoms with Crippen molar-refractivity contribution in [2.24, 2.45) is 0 Å². The van der Waals surface area contributed by atoms with E-state index in [9.17, 15) is 0 Å². The number of nitrogens with one attached hydrogen (secondary N) is 2. The van der Waals surface area contributed by atoms with Gasteiger partial charge in [-0.2, -0.15) is 0 Å². The molecular weight excluding hydrogens is 308 g/mol. The summed E-state index contributed by atoms with van der Waals surface area (Å²) in [4.78, 5) is 7.88. The molecule has 0 aliphatic rings. The Balaban J connectivity index is 2.20. The molecule has 23 heavy (non-hydrogen) atoms. The Morgan fingerprint density at radius 1 is 1.04 bits per heavy atom. The van der Waals surface area contributed by atoms with Crippen molar-refractivity contribution in [2.75, 3.05) is 0 Å². The lowest BCUT2D eigenvalue weighted by Crippen LogP contribution is -2.19. The number of halogens is 1. The van der Waals surface area contributed by atoms with E-state index in [-0.39, 0.29) is 5.62 Å². The van der Waals surface area contributed by atoms with E-state index in [0.29, 0.717) is 5.02 Å². The van der Waals surface area contributed by atoms with Crippen LogP contribution in [-0.2, 0) is 0 Å². The molecule has 0 bridgehead atoms. The predicted octanol–water partition coefficient (Wildman–Crippen LogP) is 4.25. The Bertz CT molecular complexity index is 1290. The third-order valence-corrected chi connectivity index (χ3v) is 4.49. The van der Waals surface area contributed by atoms with E-state index in [0.717, 1.165) is 38.4 Å². The number of hydrogen-bond acceptors (Lipinski definition) is 2. The number of rotatable bonds is 0. The summed E-state index contributed by atoms with van der Waals surface area (Å²) in [6, 6.07) is 17.8. The van der Waals surface area contributed by atoms with Crippen molar-refractivity contribution >= 4 is 50.0 Å². The van der Waals surface area contributed by atoms with Gasteiger partial charge in [0.15, 0.2) is 0 Å². The number of aromatic amines is 1. The minimum atomic E-state index is 0.198. The van der Waals surface area contributed by atoms with Gasteiger partial charge in [-0.05, 0) is 35.7 Å². The first-order chi connectivity index (χ1) is 11.2. The fourth-order valence-electron chi connectivity index (χ4n) is 3.28. The topological polar surface area (TPSA) is 56.9 Å². The minimum absolute atomic E-state index is 0.198. The van der Waals surface area contributed by atoms with Crippen molar-refractivity contribution in [1.82, 2.24) is 14.4 Å². The second kappa shape index (κ2) is 4.33. The number of fused-ring (bicyclic) bond motifs is 4. The molecule has 2 heterocycles. The number of benzene rings is 3. The second-order valence-corrected chi connectivity index (χ2v) is 6.02. The molecule has 2 N–H and O–H groups in total. The fraction of sp³-hybridized carbons (Fsp3) is 0. The van der Waals surface area contributed by atoms with E-state index in [1.165, 1.54) is 0 Å². The average Bonchev–Trinajstić information content (AvgIpc) is 2.56. The first-order valence-electron chi connectivity index (χ1n) is 7.28. The van der Waals surface area contributed by atoms with Crippen LogP contribution in [-0.4, -0.2) is 14.4 Å². The van der Waals surface area contributed by atoms with Crippen molar-refractivity contribution in [3.8, 4) is 0 Å². The molecule has 0 radical (unpaired) electrons. The molecule has 0 amide bonds. The van der Waals surface area contributed by atoms with Gasteiger partial charge in [-0.25, -0.2) is 4.98 Å². The molecule has 110 valence electrons. The minimum Gasteiger partial charge on any atom is -0.340 e. The van der Waals surface area contributed by atoms with Crippen molar-refractivity contribution in [3.05, 3.63) is 65.2 Å². The van der Waals surface area contributed by atoms with Crippen LogP contribution >= 0.6 is 11.6 Å². The molecule has 0 saturated carbocycles. The molecule has 0 aliphatic carbocycles. The number of aromatic nitrogens is 3. The van der Waals surface area contributed by atoms with Crippen molar-refractivity contribution < 1.29 is 0 Å². The largest absolute Gasteiger partial charge is 0.340 e. The monoisotopic (exact) mass is 318 g/mol. The summed E-state index contributed by atoms with van der Waals surface area (Å²) in [6.07, 6.45) is 0. The summed E-state index contributed by atoms with van der Waals surface area (Å²) in [5.41, 5.74) is 3.78. The highest BCUT2D eigenvalue weighted by molar-refractivity contribution is 6.31. The first-order valence-corrected chi connectivity index (χ1v) is 7.66. The summed E-state index contributed by atoms with van der Waals surface area (Å²) >= 11 is 6.17. The summed E-state index contributed by atoms with van der Waals surface area (Å²) in [7, 11) is 0. The van der Waals surface area contributed by atoms with Crippen LogP contribution in [0.15, 0.2) is 54.6 Å². The van der Waals surface area contributed by atoms with Crippen LogP contribution in [0.2, 0.25) is 5.02 Å². The molecule has 0 fully saturated rings. The average molecular weight is 319 g/mol. The van der Waals surface area contributed by atoms with E-state index in [4.69, 9.17) is 17.0 Å². The SMILES string of the molecule is N=c1nc2ccc(Cl)cc2c2[nH]c3cccc4cccc(c43)n12. The highest BCUT2D eigenvalue weighted by Gasteiger charge is 2.11. The van der Waals surface area contributed by atoms with Crippen LogP contribution < -0.4 is 5.62 Å². The van der Waals surface area contributed by atoms with Crippen molar-refractivity contribution in [2.45, 2.75) is 0 Å². The molecular formula is C18H11ClN4. The number of nitrogens with zero attached hydrogens (tertiary/aromatic N) is 2. The lowest BCUT2D eigenvalue weighted by molar-refractivity contribution is 0.945.